The Morgan fingerprint density at radius 2 is 0.833 bits per heavy atom. The van der Waals surface area contributed by atoms with Crippen molar-refractivity contribution in [3.8, 4) is 23.0 Å². The molecule has 0 unspecified atom stereocenters. The fourth-order valence-electron chi connectivity index (χ4n) is 6.15. The standard InChI is InChI=1S/C41H34N2O5/c1-45-33-14-5-28(6-15-33)42(29-7-16-34(46-2)17-8-29)32-13-22-37-27(25-32)26-39-38(37)23-24-40(41(39)44)43(30-9-18-35(47-3)19-10-30)31-11-20-36(48-4)21-12-31/h5-26H,1-4H3. The maximum atomic E-state index is 14.4. The lowest BCUT2D eigenvalue weighted by Gasteiger charge is -2.29. The Kier molecular flexibility index (Phi) is 8.17. The molecule has 7 heteroatoms. The highest BCUT2D eigenvalue weighted by Gasteiger charge is 2.32. The van der Waals surface area contributed by atoms with Crippen LogP contribution in [-0.2, 0) is 4.79 Å². The third kappa shape index (κ3) is 5.56. The smallest absolute Gasteiger partial charge is 0.210 e. The van der Waals surface area contributed by atoms with Crippen LogP contribution in [0.15, 0.2) is 139 Å². The molecule has 0 saturated carbocycles. The van der Waals surface area contributed by atoms with Gasteiger partial charge in [-0.05, 0) is 138 Å². The van der Waals surface area contributed by atoms with Gasteiger partial charge in [-0.1, -0.05) is 12.1 Å². The molecule has 0 aromatic heterocycles. The Morgan fingerprint density at radius 1 is 0.438 bits per heavy atom. The molecule has 2 aliphatic carbocycles. The van der Waals surface area contributed by atoms with Gasteiger partial charge in [-0.25, -0.2) is 0 Å². The normalized spacial score (nSPS) is 13.0. The summed E-state index contributed by atoms with van der Waals surface area (Å²) >= 11 is 0. The lowest BCUT2D eigenvalue weighted by atomic mass is 9.93. The highest BCUT2D eigenvalue weighted by molar-refractivity contribution is 6.27. The average Bonchev–Trinajstić information content (AvgIpc) is 3.52. The van der Waals surface area contributed by atoms with Gasteiger partial charge >= 0.3 is 0 Å². The van der Waals surface area contributed by atoms with Crippen molar-refractivity contribution in [1.82, 2.24) is 0 Å². The fraction of sp³-hybridized carbons (Fsp3) is 0.0976. The van der Waals surface area contributed by atoms with Crippen LogP contribution in [0.4, 0.5) is 28.4 Å². The molecule has 0 bridgehead atoms. The van der Waals surface area contributed by atoms with Gasteiger partial charge in [0.2, 0.25) is 5.78 Å². The van der Waals surface area contributed by atoms with Crippen LogP contribution < -0.4 is 28.7 Å². The van der Waals surface area contributed by atoms with E-state index >= 15 is 0 Å². The number of ketones is 1. The summed E-state index contributed by atoms with van der Waals surface area (Å²) in [5.41, 5.74) is 8.69. The Hall–Kier alpha value is -6.21. The third-order valence-corrected chi connectivity index (χ3v) is 8.62. The van der Waals surface area contributed by atoms with Gasteiger partial charge in [0.1, 0.15) is 23.0 Å². The first-order chi connectivity index (χ1) is 23.5. The van der Waals surface area contributed by atoms with Crippen LogP contribution in [0.3, 0.4) is 0 Å². The van der Waals surface area contributed by atoms with Gasteiger partial charge in [-0.3, -0.25) is 4.79 Å². The van der Waals surface area contributed by atoms with Gasteiger partial charge in [0.15, 0.2) is 0 Å². The monoisotopic (exact) mass is 634 g/mol. The Morgan fingerprint density at radius 3 is 1.25 bits per heavy atom. The molecule has 238 valence electrons. The van der Waals surface area contributed by atoms with E-state index < -0.39 is 0 Å². The molecule has 0 aliphatic heterocycles. The fourth-order valence-corrected chi connectivity index (χ4v) is 6.15. The second-order valence-electron chi connectivity index (χ2n) is 11.3. The largest absolute Gasteiger partial charge is 0.497 e. The molecule has 0 amide bonds. The molecule has 5 aromatic rings. The number of allylic oxidation sites excluding steroid dienone is 4. The van der Waals surface area contributed by atoms with Crippen LogP contribution in [0.5, 0.6) is 23.0 Å². The molecule has 48 heavy (non-hydrogen) atoms. The first-order valence-electron chi connectivity index (χ1n) is 15.5. The lowest BCUT2D eigenvalue weighted by molar-refractivity contribution is -0.111. The molecule has 0 fully saturated rings. The van der Waals surface area contributed by atoms with E-state index in [1.165, 1.54) is 0 Å². The number of hydrogen-bond acceptors (Lipinski definition) is 7. The molecule has 7 nitrogen and oxygen atoms in total. The molecular weight excluding hydrogens is 600 g/mol. The number of rotatable bonds is 10. The summed E-state index contributed by atoms with van der Waals surface area (Å²) in [7, 11) is 6.59. The highest BCUT2D eigenvalue weighted by atomic mass is 16.5. The van der Waals surface area contributed by atoms with Gasteiger partial charge in [-0.15, -0.1) is 0 Å². The molecule has 0 spiro atoms. The van der Waals surface area contributed by atoms with Crippen molar-refractivity contribution in [3.05, 3.63) is 150 Å². The summed E-state index contributed by atoms with van der Waals surface area (Å²) < 4.78 is 21.6. The molecule has 5 aromatic carbocycles. The van der Waals surface area contributed by atoms with Crippen molar-refractivity contribution in [2.24, 2.45) is 0 Å². The summed E-state index contributed by atoms with van der Waals surface area (Å²) in [6, 6.07) is 37.6. The van der Waals surface area contributed by atoms with Gasteiger partial charge in [-0.2, -0.15) is 0 Å². The van der Waals surface area contributed by atoms with Crippen molar-refractivity contribution < 1.29 is 23.7 Å². The van der Waals surface area contributed by atoms with E-state index in [9.17, 15) is 4.79 Å². The number of benzene rings is 5. The molecule has 0 N–H and O–H groups in total. The number of carbonyl (C=O) groups excluding carboxylic acids is 1. The molecule has 0 atom stereocenters. The van der Waals surface area contributed by atoms with Crippen molar-refractivity contribution in [2.75, 3.05) is 38.2 Å². The molecule has 0 radical (unpaired) electrons. The van der Waals surface area contributed by atoms with E-state index in [1.807, 2.05) is 120 Å². The zero-order chi connectivity index (χ0) is 33.2. The average molecular weight is 635 g/mol. The van der Waals surface area contributed by atoms with Crippen molar-refractivity contribution in [1.29, 1.82) is 0 Å². The van der Waals surface area contributed by atoms with Crippen LogP contribution in [0.1, 0.15) is 11.1 Å². The summed E-state index contributed by atoms with van der Waals surface area (Å²) in [6.45, 7) is 0. The SMILES string of the molecule is COc1ccc(N(C2=CC=C3C(=Cc4cc(N(c5ccc(OC)cc5)c5ccc(OC)cc5)ccc43)C2=O)c2ccc(OC)cc2)cc1. The number of Topliss-reactive ketones (excluding diaryl/α,β-unsaturated/α-hetero) is 1. The summed E-state index contributed by atoms with van der Waals surface area (Å²) in [5.74, 6) is 2.98. The summed E-state index contributed by atoms with van der Waals surface area (Å²) in [4.78, 5) is 18.5. The number of nitrogens with zero attached hydrogens (tertiary/aromatic N) is 2. The minimum Gasteiger partial charge on any atom is -0.497 e. The van der Waals surface area contributed by atoms with Crippen molar-refractivity contribution >= 4 is 45.9 Å². The van der Waals surface area contributed by atoms with E-state index in [0.717, 1.165) is 68.1 Å². The van der Waals surface area contributed by atoms with Gasteiger partial charge in [0, 0.05) is 34.0 Å². The van der Waals surface area contributed by atoms with Gasteiger partial charge in [0.25, 0.3) is 0 Å². The number of anilines is 5. The lowest BCUT2D eigenvalue weighted by Crippen LogP contribution is -2.25. The second-order valence-corrected chi connectivity index (χ2v) is 11.3. The zero-order valence-electron chi connectivity index (χ0n) is 27.1. The minimum atomic E-state index is -0.0564. The van der Waals surface area contributed by atoms with Gasteiger partial charge < -0.3 is 28.7 Å². The van der Waals surface area contributed by atoms with Crippen LogP contribution in [0, 0.1) is 0 Å². The van der Waals surface area contributed by atoms with Crippen LogP contribution >= 0.6 is 0 Å². The van der Waals surface area contributed by atoms with Crippen molar-refractivity contribution in [3.63, 3.8) is 0 Å². The van der Waals surface area contributed by atoms with E-state index in [1.54, 1.807) is 28.4 Å². The van der Waals surface area contributed by atoms with E-state index in [0.29, 0.717) is 11.3 Å². The van der Waals surface area contributed by atoms with Crippen LogP contribution in [0.2, 0.25) is 0 Å². The minimum absolute atomic E-state index is 0.0564. The molecule has 0 saturated heterocycles. The van der Waals surface area contributed by atoms with Crippen LogP contribution in [-0.4, -0.2) is 34.2 Å². The Balaban J connectivity index is 1.27. The first kappa shape index (κ1) is 30.4. The van der Waals surface area contributed by atoms with Gasteiger partial charge in [0.05, 0.1) is 34.1 Å². The maximum Gasteiger partial charge on any atom is 0.210 e. The number of methoxy groups -OCH3 is 4. The molecule has 7 rings (SSSR count). The zero-order valence-corrected chi connectivity index (χ0v) is 27.1. The number of ether oxygens (including phenoxy) is 4. The van der Waals surface area contributed by atoms with Crippen LogP contribution in [0.25, 0.3) is 11.6 Å². The third-order valence-electron chi connectivity index (χ3n) is 8.62. The quantitative estimate of drug-likeness (QED) is 0.152. The van der Waals surface area contributed by atoms with Crippen molar-refractivity contribution in [2.45, 2.75) is 0 Å². The van der Waals surface area contributed by atoms with E-state index in [2.05, 4.69) is 23.1 Å². The predicted octanol–water partition coefficient (Wildman–Crippen LogP) is 9.28. The second kappa shape index (κ2) is 12.9. The predicted molar refractivity (Wildman–Crippen MR) is 191 cm³/mol. The number of fused-ring (bicyclic) bond motifs is 3. The summed E-state index contributed by atoms with van der Waals surface area (Å²) in [6.07, 6.45) is 5.95. The molecule has 2 aliphatic rings. The number of carbonyl (C=O) groups is 1. The van der Waals surface area contributed by atoms with E-state index in [4.69, 9.17) is 18.9 Å². The first-order valence-corrected chi connectivity index (χ1v) is 15.5. The Bertz CT molecular complexity index is 1970. The van der Waals surface area contributed by atoms with E-state index in [-0.39, 0.29) is 5.78 Å². The molecule has 0 heterocycles. The Labute approximate surface area is 280 Å². The topological polar surface area (TPSA) is 60.5 Å². The number of hydrogen-bond donors (Lipinski definition) is 0. The highest BCUT2D eigenvalue weighted by Crippen LogP contribution is 2.45. The summed E-state index contributed by atoms with van der Waals surface area (Å²) in [5, 5.41) is 0. The molecular formula is C41H34N2O5. The maximum absolute atomic E-state index is 14.4.